The van der Waals surface area contributed by atoms with Gasteiger partial charge in [-0.1, -0.05) is 39.7 Å². The molecule has 3 aromatic carbocycles. The van der Waals surface area contributed by atoms with Crippen molar-refractivity contribution in [1.82, 2.24) is 14.9 Å². The monoisotopic (exact) mass is 634 g/mol. The highest BCUT2D eigenvalue weighted by Gasteiger charge is 2.34. The Balaban J connectivity index is 1.40. The van der Waals surface area contributed by atoms with E-state index in [1.165, 1.54) is 11.9 Å². The third-order valence-electron chi connectivity index (χ3n) is 7.19. The van der Waals surface area contributed by atoms with Gasteiger partial charge in [0.05, 0.1) is 31.5 Å². The van der Waals surface area contributed by atoms with Gasteiger partial charge in [0, 0.05) is 63.7 Å². The Morgan fingerprint density at radius 2 is 1.85 bits per heavy atom. The van der Waals surface area contributed by atoms with Gasteiger partial charge in [-0.25, -0.2) is 4.98 Å². The van der Waals surface area contributed by atoms with Crippen LogP contribution in [0.2, 0.25) is 5.02 Å². The van der Waals surface area contributed by atoms with E-state index in [4.69, 9.17) is 30.8 Å². The Kier molecular flexibility index (Phi) is 7.94. The minimum Gasteiger partial charge on any atom is -0.496 e. The van der Waals surface area contributed by atoms with Gasteiger partial charge in [0.15, 0.2) is 0 Å². The molecule has 1 fully saturated rings. The van der Waals surface area contributed by atoms with Crippen LogP contribution in [-0.4, -0.2) is 60.1 Å². The van der Waals surface area contributed by atoms with Gasteiger partial charge in [-0.2, -0.15) is 5.01 Å². The minimum atomic E-state index is -0.730. The molecule has 0 unspecified atom stereocenters. The first-order chi connectivity index (χ1) is 19.9. The molecule has 8 nitrogen and oxygen atoms in total. The first-order valence-electron chi connectivity index (χ1n) is 13.3. The number of carbonyl (C=O) groups excluding carboxylic acids is 1. The number of aromatic nitrogens is 1. The second-order valence-electron chi connectivity index (χ2n) is 9.92. The first-order valence-corrected chi connectivity index (χ1v) is 14.5. The van der Waals surface area contributed by atoms with E-state index in [0.717, 1.165) is 62.2 Å². The van der Waals surface area contributed by atoms with Crippen LogP contribution >= 0.6 is 27.5 Å². The highest BCUT2D eigenvalue weighted by atomic mass is 79.9. The largest absolute Gasteiger partial charge is 0.496 e. The fourth-order valence-electron chi connectivity index (χ4n) is 5.11. The molecule has 1 aromatic heterocycles. The number of hydrazone groups is 1. The Morgan fingerprint density at radius 1 is 1.07 bits per heavy atom. The molecule has 0 radical (unpaired) electrons. The number of pyridine rings is 1. The van der Waals surface area contributed by atoms with Crippen LogP contribution < -0.4 is 4.74 Å². The molecule has 4 aromatic rings. The van der Waals surface area contributed by atoms with Gasteiger partial charge in [0.1, 0.15) is 5.75 Å². The van der Waals surface area contributed by atoms with Crippen molar-refractivity contribution in [1.29, 1.82) is 0 Å². The molecule has 6 rings (SSSR count). The van der Waals surface area contributed by atoms with E-state index < -0.39 is 6.23 Å². The standard InChI is InChI=1S/C31H28BrClN4O4/c1-19(38)37-31(21-5-10-29(39-2)22(15-21)18-36-11-13-40-14-12-36)41-30(35-37)26-17-28(20-3-7-24(33)8-4-20)34-27-9-6-23(32)16-25(26)27/h3-10,15-17,31H,11-14,18H2,1-2H3/t31-/m1/s1. The Bertz CT molecular complexity index is 1640. The maximum atomic E-state index is 12.8. The predicted octanol–water partition coefficient (Wildman–Crippen LogP) is 6.40. The molecule has 2 aliphatic heterocycles. The molecule has 0 bridgehead atoms. The highest BCUT2D eigenvalue weighted by molar-refractivity contribution is 9.10. The predicted molar refractivity (Wildman–Crippen MR) is 162 cm³/mol. The summed E-state index contributed by atoms with van der Waals surface area (Å²) >= 11 is 9.71. The fourth-order valence-corrected chi connectivity index (χ4v) is 5.60. The van der Waals surface area contributed by atoms with Crippen molar-refractivity contribution in [3.8, 4) is 17.0 Å². The van der Waals surface area contributed by atoms with Gasteiger partial charge in [-0.15, -0.1) is 5.10 Å². The van der Waals surface area contributed by atoms with Crippen LogP contribution in [-0.2, 0) is 20.8 Å². The third-order valence-corrected chi connectivity index (χ3v) is 7.94. The zero-order valence-corrected chi connectivity index (χ0v) is 25.0. The average Bonchev–Trinajstić information content (AvgIpc) is 3.43. The number of methoxy groups -OCH3 is 1. The van der Waals surface area contributed by atoms with E-state index in [0.29, 0.717) is 30.7 Å². The van der Waals surface area contributed by atoms with E-state index in [2.05, 4.69) is 25.9 Å². The lowest BCUT2D eigenvalue weighted by Crippen LogP contribution is -2.35. The van der Waals surface area contributed by atoms with Crippen molar-refractivity contribution < 1.29 is 19.0 Å². The summed E-state index contributed by atoms with van der Waals surface area (Å²) in [7, 11) is 1.66. The molecule has 41 heavy (non-hydrogen) atoms. The molecule has 0 saturated carbocycles. The summed E-state index contributed by atoms with van der Waals surface area (Å²) in [5.41, 5.74) is 4.97. The van der Waals surface area contributed by atoms with Crippen LogP contribution in [0.4, 0.5) is 0 Å². The zero-order valence-electron chi connectivity index (χ0n) is 22.6. The molecule has 0 spiro atoms. The van der Waals surface area contributed by atoms with Crippen LogP contribution in [0.25, 0.3) is 22.2 Å². The van der Waals surface area contributed by atoms with Crippen molar-refractivity contribution in [2.24, 2.45) is 5.10 Å². The number of hydrogen-bond acceptors (Lipinski definition) is 7. The Labute approximate surface area is 251 Å². The lowest BCUT2D eigenvalue weighted by molar-refractivity contribution is -0.135. The van der Waals surface area contributed by atoms with Crippen molar-refractivity contribution in [3.63, 3.8) is 0 Å². The number of amides is 1. The first kappa shape index (κ1) is 27.7. The van der Waals surface area contributed by atoms with Gasteiger partial charge in [0.2, 0.25) is 18.0 Å². The summed E-state index contributed by atoms with van der Waals surface area (Å²) in [6.07, 6.45) is -0.730. The van der Waals surface area contributed by atoms with Crippen LogP contribution in [0, 0.1) is 0 Å². The number of morpholine rings is 1. The summed E-state index contributed by atoms with van der Waals surface area (Å²) in [5.74, 6) is 0.899. The molecule has 10 heteroatoms. The molecule has 1 amide bonds. The van der Waals surface area contributed by atoms with Gasteiger partial charge in [-0.3, -0.25) is 9.69 Å². The van der Waals surface area contributed by atoms with Crippen LogP contribution in [0.3, 0.4) is 0 Å². The molecular weight excluding hydrogens is 608 g/mol. The Morgan fingerprint density at radius 3 is 2.59 bits per heavy atom. The van der Waals surface area contributed by atoms with Gasteiger partial charge in [0.25, 0.3) is 0 Å². The topological polar surface area (TPSA) is 76.5 Å². The number of hydrogen-bond donors (Lipinski definition) is 0. The fraction of sp³-hybridized carbons (Fsp3) is 0.258. The number of nitrogens with zero attached hydrogens (tertiary/aromatic N) is 4. The van der Waals surface area contributed by atoms with Crippen molar-refractivity contribution in [2.45, 2.75) is 19.7 Å². The third kappa shape index (κ3) is 5.81. The van der Waals surface area contributed by atoms with Crippen LogP contribution in [0.15, 0.2) is 76.3 Å². The van der Waals surface area contributed by atoms with Crippen LogP contribution in [0.5, 0.6) is 5.75 Å². The number of carbonyl (C=O) groups is 1. The van der Waals surface area contributed by atoms with E-state index in [1.807, 2.05) is 66.7 Å². The van der Waals surface area contributed by atoms with Gasteiger partial charge < -0.3 is 14.2 Å². The quantitative estimate of drug-likeness (QED) is 0.244. The molecule has 2 aliphatic rings. The molecule has 1 saturated heterocycles. The number of fused-ring (bicyclic) bond motifs is 1. The van der Waals surface area contributed by atoms with Gasteiger partial charge >= 0.3 is 0 Å². The van der Waals surface area contributed by atoms with E-state index in [-0.39, 0.29) is 5.91 Å². The van der Waals surface area contributed by atoms with Crippen molar-refractivity contribution in [3.05, 3.63) is 92.9 Å². The number of ether oxygens (including phenoxy) is 3. The number of halogens is 2. The minimum absolute atomic E-state index is 0.229. The SMILES string of the molecule is COc1ccc([C@H]2OC(c3cc(-c4ccc(Cl)cc4)nc4ccc(Br)cc34)=NN2C(C)=O)cc1CN1CCOCC1. The summed E-state index contributed by atoms with van der Waals surface area (Å²) in [6.45, 7) is 5.30. The van der Waals surface area contributed by atoms with E-state index in [9.17, 15) is 4.79 Å². The normalized spacial score (nSPS) is 17.4. The van der Waals surface area contributed by atoms with E-state index >= 15 is 0 Å². The zero-order chi connectivity index (χ0) is 28.5. The maximum absolute atomic E-state index is 12.8. The lowest BCUT2D eigenvalue weighted by atomic mass is 10.0. The van der Waals surface area contributed by atoms with Crippen molar-refractivity contribution >= 4 is 50.2 Å². The maximum Gasteiger partial charge on any atom is 0.243 e. The van der Waals surface area contributed by atoms with Gasteiger partial charge in [-0.05, 0) is 54.6 Å². The van der Waals surface area contributed by atoms with Crippen molar-refractivity contribution in [2.75, 3.05) is 33.4 Å². The number of benzene rings is 3. The molecule has 1 atom stereocenters. The van der Waals surface area contributed by atoms with E-state index in [1.54, 1.807) is 7.11 Å². The second-order valence-corrected chi connectivity index (χ2v) is 11.3. The summed E-state index contributed by atoms with van der Waals surface area (Å²) in [6, 6.07) is 21.2. The second kappa shape index (κ2) is 11.8. The Hall–Kier alpha value is -3.50. The molecule has 210 valence electrons. The molecular formula is C31H28BrClN4O4. The summed E-state index contributed by atoms with van der Waals surface area (Å²) in [5, 5.41) is 7.58. The smallest absolute Gasteiger partial charge is 0.243 e. The highest BCUT2D eigenvalue weighted by Crippen LogP contribution is 2.36. The molecule has 0 N–H and O–H groups in total. The molecule has 3 heterocycles. The average molecular weight is 636 g/mol. The lowest BCUT2D eigenvalue weighted by Gasteiger charge is -2.28. The van der Waals surface area contributed by atoms with Crippen LogP contribution in [0.1, 0.15) is 29.8 Å². The summed E-state index contributed by atoms with van der Waals surface area (Å²) in [4.78, 5) is 20.0. The number of rotatable bonds is 6. The molecule has 0 aliphatic carbocycles. The summed E-state index contributed by atoms with van der Waals surface area (Å²) < 4.78 is 18.6.